The van der Waals surface area contributed by atoms with Crippen molar-refractivity contribution in [3.63, 3.8) is 0 Å². The van der Waals surface area contributed by atoms with Gasteiger partial charge in [0.15, 0.2) is 0 Å². The maximum absolute atomic E-state index is 5.89. The van der Waals surface area contributed by atoms with Gasteiger partial charge in [-0.05, 0) is 37.9 Å². The molecule has 2 rings (SSSR count). The number of rotatable bonds is 8. The van der Waals surface area contributed by atoms with Crippen LogP contribution in [0.25, 0.3) is 0 Å². The summed E-state index contributed by atoms with van der Waals surface area (Å²) in [6.45, 7) is 8.92. The second-order valence-electron chi connectivity index (χ2n) is 5.06. The van der Waals surface area contributed by atoms with Crippen LogP contribution in [0.1, 0.15) is 41.4 Å². The summed E-state index contributed by atoms with van der Waals surface area (Å²) in [6, 6.07) is 8.10. The molecular weight excluding hydrogens is 280 g/mol. The fourth-order valence-corrected chi connectivity index (χ4v) is 3.19. The Hall–Kier alpha value is -1.39. The van der Waals surface area contributed by atoms with Crippen molar-refractivity contribution < 1.29 is 4.74 Å². The maximum atomic E-state index is 5.89. The summed E-state index contributed by atoms with van der Waals surface area (Å²) in [7, 11) is 0. The molecule has 114 valence electrons. The summed E-state index contributed by atoms with van der Waals surface area (Å²) in [6.07, 6.45) is 2.13. The van der Waals surface area contributed by atoms with Gasteiger partial charge in [-0.1, -0.05) is 32.0 Å². The number of ether oxygens (including phenoxy) is 1. The monoisotopic (exact) mass is 304 g/mol. The van der Waals surface area contributed by atoms with Gasteiger partial charge in [0, 0.05) is 11.4 Å². The number of hydrogen-bond acceptors (Lipinski definition) is 4. The second kappa shape index (κ2) is 8.15. The van der Waals surface area contributed by atoms with E-state index >= 15 is 0 Å². The van der Waals surface area contributed by atoms with Gasteiger partial charge < -0.3 is 10.1 Å². The van der Waals surface area contributed by atoms with E-state index in [-0.39, 0.29) is 0 Å². The molecule has 0 aliphatic carbocycles. The first kappa shape index (κ1) is 16.0. The third-order valence-corrected chi connectivity index (χ3v) is 4.39. The summed E-state index contributed by atoms with van der Waals surface area (Å²) in [5.41, 5.74) is 2.36. The quantitative estimate of drug-likeness (QED) is 0.746. The van der Waals surface area contributed by atoms with Crippen molar-refractivity contribution in [1.82, 2.24) is 10.3 Å². The van der Waals surface area contributed by atoms with Gasteiger partial charge in [0.05, 0.1) is 5.69 Å². The lowest BCUT2D eigenvalue weighted by Crippen LogP contribution is -2.13. The lowest BCUT2D eigenvalue weighted by atomic mass is 10.2. The lowest BCUT2D eigenvalue weighted by Gasteiger charge is -2.06. The Balaban J connectivity index is 1.98. The topological polar surface area (TPSA) is 34.1 Å². The number of aromatic nitrogens is 1. The molecule has 1 aromatic carbocycles. The minimum Gasteiger partial charge on any atom is -0.486 e. The van der Waals surface area contributed by atoms with Crippen LogP contribution in [0.2, 0.25) is 0 Å². The number of nitrogens with zero attached hydrogens (tertiary/aromatic N) is 1. The molecule has 0 amide bonds. The molecule has 0 atom stereocenters. The van der Waals surface area contributed by atoms with Crippen molar-refractivity contribution in [2.45, 2.75) is 46.8 Å². The predicted octanol–water partition coefficient (Wildman–Crippen LogP) is 4.09. The molecule has 0 radical (unpaired) electrons. The van der Waals surface area contributed by atoms with Crippen LogP contribution < -0.4 is 10.1 Å². The highest BCUT2D eigenvalue weighted by atomic mass is 32.1. The SMILES string of the molecule is CCCNCc1sc(COc2ccccc2C)nc1CC. The Morgan fingerprint density at radius 1 is 1.24 bits per heavy atom. The highest BCUT2D eigenvalue weighted by molar-refractivity contribution is 7.11. The first-order chi connectivity index (χ1) is 10.2. The van der Waals surface area contributed by atoms with Crippen LogP contribution in [0.5, 0.6) is 5.75 Å². The molecule has 1 N–H and O–H groups in total. The molecule has 0 saturated heterocycles. The van der Waals surface area contributed by atoms with Gasteiger partial charge in [-0.3, -0.25) is 0 Å². The van der Waals surface area contributed by atoms with Gasteiger partial charge in [-0.2, -0.15) is 0 Å². The van der Waals surface area contributed by atoms with Crippen LogP contribution in [0.15, 0.2) is 24.3 Å². The Morgan fingerprint density at radius 2 is 2.05 bits per heavy atom. The molecule has 4 heteroatoms. The van der Waals surface area contributed by atoms with Crippen molar-refractivity contribution >= 4 is 11.3 Å². The largest absolute Gasteiger partial charge is 0.486 e. The fourth-order valence-electron chi connectivity index (χ4n) is 2.15. The second-order valence-corrected chi connectivity index (χ2v) is 6.23. The number of thiazole rings is 1. The van der Waals surface area contributed by atoms with Gasteiger partial charge in [-0.15, -0.1) is 11.3 Å². The summed E-state index contributed by atoms with van der Waals surface area (Å²) < 4.78 is 5.89. The predicted molar refractivity (Wildman–Crippen MR) is 89.0 cm³/mol. The lowest BCUT2D eigenvalue weighted by molar-refractivity contribution is 0.303. The Labute approximate surface area is 131 Å². The minimum absolute atomic E-state index is 0.552. The minimum atomic E-state index is 0.552. The molecule has 1 aromatic heterocycles. The molecule has 0 unspecified atom stereocenters. The number of aryl methyl sites for hydroxylation is 2. The number of hydrogen-bond donors (Lipinski definition) is 1. The molecular formula is C17H24N2OS. The molecule has 0 aliphatic rings. The molecule has 0 aliphatic heterocycles. The van der Waals surface area contributed by atoms with E-state index in [1.165, 1.54) is 10.6 Å². The summed E-state index contributed by atoms with van der Waals surface area (Å²) in [5, 5.41) is 4.51. The van der Waals surface area contributed by atoms with Crippen molar-refractivity contribution in [3.8, 4) is 5.75 Å². The van der Waals surface area contributed by atoms with Crippen LogP contribution in [0.3, 0.4) is 0 Å². The van der Waals surface area contributed by atoms with Gasteiger partial charge >= 0.3 is 0 Å². The number of nitrogens with one attached hydrogen (secondary N) is 1. The summed E-state index contributed by atoms with van der Waals surface area (Å²) in [5.74, 6) is 0.941. The van der Waals surface area contributed by atoms with Gasteiger partial charge in [0.1, 0.15) is 17.4 Å². The first-order valence-electron chi connectivity index (χ1n) is 7.61. The molecule has 1 heterocycles. The van der Waals surface area contributed by atoms with Crippen LogP contribution in [0, 0.1) is 6.92 Å². The van der Waals surface area contributed by atoms with Gasteiger partial charge in [-0.25, -0.2) is 4.98 Å². The Bertz CT molecular complexity index is 566. The van der Waals surface area contributed by atoms with E-state index in [2.05, 4.69) is 32.2 Å². The maximum Gasteiger partial charge on any atom is 0.140 e. The Kier molecular flexibility index (Phi) is 6.21. The standard InChI is InChI=1S/C17H24N2OS/c1-4-10-18-11-16-14(5-2)19-17(21-16)12-20-15-9-7-6-8-13(15)3/h6-9,18H,4-5,10-12H2,1-3H3. The summed E-state index contributed by atoms with van der Waals surface area (Å²) >= 11 is 1.76. The van der Waals surface area contributed by atoms with E-state index in [9.17, 15) is 0 Å². The normalized spacial score (nSPS) is 10.8. The zero-order chi connectivity index (χ0) is 15.1. The molecule has 2 aromatic rings. The van der Waals surface area contributed by atoms with Crippen molar-refractivity contribution in [3.05, 3.63) is 45.4 Å². The first-order valence-corrected chi connectivity index (χ1v) is 8.42. The van der Waals surface area contributed by atoms with Crippen molar-refractivity contribution in [2.24, 2.45) is 0 Å². The molecule has 0 saturated carbocycles. The van der Waals surface area contributed by atoms with E-state index in [1.807, 2.05) is 18.2 Å². The van der Waals surface area contributed by atoms with Crippen molar-refractivity contribution in [1.29, 1.82) is 0 Å². The van der Waals surface area contributed by atoms with E-state index < -0.39 is 0 Å². The average molecular weight is 304 g/mol. The van der Waals surface area contributed by atoms with Gasteiger partial charge in [0.25, 0.3) is 0 Å². The summed E-state index contributed by atoms with van der Waals surface area (Å²) in [4.78, 5) is 6.05. The van der Waals surface area contributed by atoms with Gasteiger partial charge in [0.2, 0.25) is 0 Å². The van der Waals surface area contributed by atoms with E-state index in [1.54, 1.807) is 11.3 Å². The van der Waals surface area contributed by atoms with Crippen LogP contribution in [-0.4, -0.2) is 11.5 Å². The van der Waals surface area contributed by atoms with Crippen LogP contribution in [-0.2, 0) is 19.6 Å². The fraction of sp³-hybridized carbons (Fsp3) is 0.471. The molecule has 3 nitrogen and oxygen atoms in total. The smallest absolute Gasteiger partial charge is 0.140 e. The zero-order valence-corrected chi connectivity index (χ0v) is 13.9. The molecule has 0 spiro atoms. The zero-order valence-electron chi connectivity index (χ0n) is 13.1. The average Bonchev–Trinajstić information content (AvgIpc) is 2.89. The van der Waals surface area contributed by atoms with E-state index in [4.69, 9.17) is 9.72 Å². The number of benzene rings is 1. The third-order valence-electron chi connectivity index (χ3n) is 3.31. The third kappa shape index (κ3) is 4.55. The molecule has 0 fully saturated rings. The van der Waals surface area contributed by atoms with E-state index in [0.717, 1.165) is 42.3 Å². The number of para-hydroxylation sites is 1. The highest BCUT2D eigenvalue weighted by Gasteiger charge is 2.10. The van der Waals surface area contributed by atoms with Crippen LogP contribution in [0.4, 0.5) is 0 Å². The molecule has 21 heavy (non-hydrogen) atoms. The highest BCUT2D eigenvalue weighted by Crippen LogP contribution is 2.22. The van der Waals surface area contributed by atoms with Crippen molar-refractivity contribution in [2.75, 3.05) is 6.54 Å². The van der Waals surface area contributed by atoms with Crippen LogP contribution >= 0.6 is 11.3 Å². The molecule has 0 bridgehead atoms. The Morgan fingerprint density at radius 3 is 2.76 bits per heavy atom. The van der Waals surface area contributed by atoms with E-state index in [0.29, 0.717) is 6.61 Å².